The number of nitrogens with zero attached hydrogens (tertiary/aromatic N) is 5. The van der Waals surface area contributed by atoms with Crippen LogP contribution in [0.2, 0.25) is 0 Å². The van der Waals surface area contributed by atoms with E-state index in [0.29, 0.717) is 24.6 Å². The Morgan fingerprint density at radius 2 is 2.26 bits per heavy atom. The number of anilines is 1. The Hall–Kier alpha value is -2.10. The summed E-state index contributed by atoms with van der Waals surface area (Å²) in [6, 6.07) is 2.13. The third-order valence-corrected chi connectivity index (χ3v) is 2.82. The van der Waals surface area contributed by atoms with Crippen molar-refractivity contribution >= 4 is 11.5 Å². The molecule has 0 aromatic carbocycles. The molecule has 7 heteroatoms. The van der Waals surface area contributed by atoms with E-state index in [2.05, 4.69) is 11.2 Å². The summed E-state index contributed by atoms with van der Waals surface area (Å²) in [6.45, 7) is 6.47. The molecule has 0 aliphatic rings. The fraction of sp³-hybridized carbons (Fsp3) is 0.667. The number of hydrogen-bond donors (Lipinski definition) is 0. The number of aromatic nitrogens is 2. The molecule has 1 aromatic rings. The summed E-state index contributed by atoms with van der Waals surface area (Å²) in [6.07, 6.45) is 0.840. The molecule has 7 nitrogen and oxygen atoms in total. The zero-order valence-electron chi connectivity index (χ0n) is 11.8. The molecule has 19 heavy (non-hydrogen) atoms. The number of nitro groups is 1. The second kappa shape index (κ2) is 6.18. The molecule has 0 bridgehead atoms. The maximum Gasteiger partial charge on any atom is 0.333 e. The lowest BCUT2D eigenvalue weighted by molar-refractivity contribution is -0.384. The van der Waals surface area contributed by atoms with E-state index in [4.69, 9.17) is 5.26 Å². The van der Waals surface area contributed by atoms with Crippen molar-refractivity contribution in [3.8, 4) is 6.07 Å². The average molecular weight is 265 g/mol. The van der Waals surface area contributed by atoms with E-state index >= 15 is 0 Å². The first-order valence-corrected chi connectivity index (χ1v) is 6.24. The van der Waals surface area contributed by atoms with Gasteiger partial charge in [0.05, 0.1) is 16.9 Å². The van der Waals surface area contributed by atoms with Crippen LogP contribution < -0.4 is 4.90 Å². The minimum absolute atomic E-state index is 0.0288. The van der Waals surface area contributed by atoms with E-state index in [-0.39, 0.29) is 11.6 Å². The number of nitriles is 1. The maximum absolute atomic E-state index is 11.2. The molecule has 104 valence electrons. The number of rotatable bonds is 6. The van der Waals surface area contributed by atoms with Crippen molar-refractivity contribution in [1.29, 1.82) is 5.26 Å². The summed E-state index contributed by atoms with van der Waals surface area (Å²) in [5.74, 6) is 0.279. The average Bonchev–Trinajstić information content (AvgIpc) is 2.66. The van der Waals surface area contributed by atoms with Crippen molar-refractivity contribution in [1.82, 2.24) is 9.78 Å². The van der Waals surface area contributed by atoms with Gasteiger partial charge in [-0.3, -0.25) is 10.1 Å². The predicted molar refractivity (Wildman–Crippen MR) is 72.0 cm³/mol. The first-order chi connectivity index (χ1) is 8.92. The van der Waals surface area contributed by atoms with Gasteiger partial charge in [0, 0.05) is 20.1 Å². The van der Waals surface area contributed by atoms with Crippen LogP contribution in [0.25, 0.3) is 0 Å². The fourth-order valence-corrected chi connectivity index (χ4v) is 2.06. The molecule has 0 saturated heterocycles. The molecule has 0 aliphatic heterocycles. The van der Waals surface area contributed by atoms with Gasteiger partial charge in [-0.25, -0.2) is 4.68 Å². The maximum atomic E-state index is 11.2. The number of hydrogen-bond acceptors (Lipinski definition) is 5. The van der Waals surface area contributed by atoms with Gasteiger partial charge in [0.2, 0.25) is 5.82 Å². The van der Waals surface area contributed by atoms with E-state index in [1.165, 1.54) is 0 Å². The highest BCUT2D eigenvalue weighted by atomic mass is 16.6. The van der Waals surface area contributed by atoms with Crippen molar-refractivity contribution in [2.75, 3.05) is 18.5 Å². The molecule has 1 rings (SSSR count). The minimum atomic E-state index is -0.405. The van der Waals surface area contributed by atoms with Gasteiger partial charge < -0.3 is 4.90 Å². The molecule has 1 atom stereocenters. The van der Waals surface area contributed by atoms with Crippen molar-refractivity contribution in [3.63, 3.8) is 0 Å². The third kappa shape index (κ3) is 3.22. The fourth-order valence-electron chi connectivity index (χ4n) is 2.06. The van der Waals surface area contributed by atoms with Gasteiger partial charge in [-0.1, -0.05) is 6.92 Å². The first kappa shape index (κ1) is 15.0. The lowest BCUT2D eigenvalue weighted by Gasteiger charge is -2.20. The highest BCUT2D eigenvalue weighted by molar-refractivity contribution is 5.61. The lowest BCUT2D eigenvalue weighted by Crippen LogP contribution is -2.26. The number of aryl methyl sites for hydroxylation is 2. The Kier molecular flexibility index (Phi) is 4.87. The van der Waals surface area contributed by atoms with Gasteiger partial charge in [0.25, 0.3) is 0 Å². The second-order valence-corrected chi connectivity index (χ2v) is 4.65. The van der Waals surface area contributed by atoms with Crippen LogP contribution in [0.3, 0.4) is 0 Å². The Labute approximate surface area is 112 Å². The van der Waals surface area contributed by atoms with Gasteiger partial charge in [-0.2, -0.15) is 10.4 Å². The summed E-state index contributed by atoms with van der Waals surface area (Å²) in [4.78, 5) is 12.5. The minimum Gasteiger partial charge on any atom is -0.353 e. The SMILES string of the molecule is CCCn1nc(C)c([N+](=O)[O-])c1N(C)CC(C)C#N. The van der Waals surface area contributed by atoms with E-state index in [0.717, 1.165) is 6.42 Å². The molecule has 0 N–H and O–H groups in total. The quantitative estimate of drug-likeness (QED) is 0.580. The van der Waals surface area contributed by atoms with Gasteiger partial charge >= 0.3 is 5.69 Å². The highest BCUT2D eigenvalue weighted by Crippen LogP contribution is 2.31. The molecule has 1 heterocycles. The first-order valence-electron chi connectivity index (χ1n) is 6.24. The molecular formula is C12H19N5O2. The zero-order chi connectivity index (χ0) is 14.6. The molecule has 0 amide bonds. The molecule has 0 radical (unpaired) electrons. The third-order valence-electron chi connectivity index (χ3n) is 2.82. The van der Waals surface area contributed by atoms with Crippen molar-refractivity contribution in [2.24, 2.45) is 5.92 Å². The highest BCUT2D eigenvalue weighted by Gasteiger charge is 2.28. The van der Waals surface area contributed by atoms with E-state index in [1.54, 1.807) is 30.5 Å². The molecule has 0 spiro atoms. The molecule has 0 fully saturated rings. The molecular weight excluding hydrogens is 246 g/mol. The smallest absolute Gasteiger partial charge is 0.333 e. The molecule has 1 aromatic heterocycles. The monoisotopic (exact) mass is 265 g/mol. The van der Waals surface area contributed by atoms with Gasteiger partial charge in [-0.15, -0.1) is 0 Å². The summed E-state index contributed by atoms with van der Waals surface area (Å²) in [7, 11) is 1.75. The Bertz CT molecular complexity index is 503. The van der Waals surface area contributed by atoms with Gasteiger partial charge in [0.15, 0.2) is 0 Å². The van der Waals surface area contributed by atoms with Crippen LogP contribution in [0.5, 0.6) is 0 Å². The van der Waals surface area contributed by atoms with Crippen LogP contribution in [-0.4, -0.2) is 28.3 Å². The van der Waals surface area contributed by atoms with Gasteiger partial charge in [-0.05, 0) is 20.3 Å². The Balaban J connectivity index is 3.21. The van der Waals surface area contributed by atoms with Crippen LogP contribution in [0.4, 0.5) is 11.5 Å². The van der Waals surface area contributed by atoms with E-state index in [9.17, 15) is 10.1 Å². The van der Waals surface area contributed by atoms with E-state index in [1.807, 2.05) is 6.92 Å². The predicted octanol–water partition coefficient (Wildman–Crippen LogP) is 2.11. The molecule has 1 unspecified atom stereocenters. The van der Waals surface area contributed by atoms with Crippen molar-refractivity contribution in [2.45, 2.75) is 33.7 Å². The van der Waals surface area contributed by atoms with E-state index < -0.39 is 4.92 Å². The second-order valence-electron chi connectivity index (χ2n) is 4.65. The largest absolute Gasteiger partial charge is 0.353 e. The Morgan fingerprint density at radius 3 is 2.74 bits per heavy atom. The van der Waals surface area contributed by atoms with Crippen LogP contribution >= 0.6 is 0 Å². The van der Waals surface area contributed by atoms with Crippen LogP contribution in [0, 0.1) is 34.3 Å². The Morgan fingerprint density at radius 1 is 1.63 bits per heavy atom. The summed E-state index contributed by atoms with van der Waals surface area (Å²) in [5, 5.41) is 24.3. The normalized spacial score (nSPS) is 11.9. The van der Waals surface area contributed by atoms with Crippen molar-refractivity contribution in [3.05, 3.63) is 15.8 Å². The summed E-state index contributed by atoms with van der Waals surface area (Å²) < 4.78 is 1.65. The topological polar surface area (TPSA) is 88.0 Å². The van der Waals surface area contributed by atoms with Gasteiger partial charge in [0.1, 0.15) is 5.69 Å². The van der Waals surface area contributed by atoms with Crippen LogP contribution in [0.15, 0.2) is 0 Å². The summed E-state index contributed by atoms with van der Waals surface area (Å²) >= 11 is 0. The zero-order valence-corrected chi connectivity index (χ0v) is 11.8. The van der Waals surface area contributed by atoms with Crippen LogP contribution in [0.1, 0.15) is 26.0 Å². The van der Waals surface area contributed by atoms with Crippen LogP contribution in [-0.2, 0) is 6.54 Å². The lowest BCUT2D eigenvalue weighted by atomic mass is 10.2. The standard InChI is InChI=1S/C12H19N5O2/c1-5-6-16-12(15(4)8-9(2)7-13)11(17(18)19)10(3)14-16/h9H,5-6,8H2,1-4H3. The molecule has 0 aliphatic carbocycles. The molecule has 0 saturated carbocycles. The summed E-state index contributed by atoms with van der Waals surface area (Å²) in [5.41, 5.74) is 0.436. The van der Waals surface area contributed by atoms with Crippen molar-refractivity contribution < 1.29 is 4.92 Å².